The minimum Gasteiger partial charge on any atom is -0.478 e. The molecule has 1 aliphatic rings. The highest BCUT2D eigenvalue weighted by atomic mass is 16.5. The fourth-order valence-corrected chi connectivity index (χ4v) is 3.61. The van der Waals surface area contributed by atoms with Gasteiger partial charge in [0.2, 0.25) is 5.60 Å². The Morgan fingerprint density at radius 1 is 1.08 bits per heavy atom. The smallest absolute Gasteiger partial charge is 0.348 e. The number of hydrogen-bond acceptors (Lipinski definition) is 3. The highest BCUT2D eigenvalue weighted by Gasteiger charge is 2.44. The number of nitrogens with one attached hydrogen (secondary N) is 1. The lowest BCUT2D eigenvalue weighted by Gasteiger charge is -2.38. The number of hydrogen-bond donors (Lipinski definition) is 2. The van der Waals surface area contributed by atoms with Crippen molar-refractivity contribution in [3.8, 4) is 5.75 Å². The number of carboxylic acid groups (broad SMARTS) is 1. The molecule has 0 atom stereocenters. The van der Waals surface area contributed by atoms with Crippen molar-refractivity contribution in [2.45, 2.75) is 25.0 Å². The van der Waals surface area contributed by atoms with Crippen LogP contribution in [0.1, 0.15) is 18.5 Å². The lowest BCUT2D eigenvalue weighted by molar-refractivity contribution is -0.159. The van der Waals surface area contributed by atoms with E-state index >= 15 is 0 Å². The number of aliphatic carboxylic acids is 1. The van der Waals surface area contributed by atoms with Gasteiger partial charge < -0.3 is 14.8 Å². The molecule has 0 saturated carbocycles. The average molecular weight is 350 g/mol. The fraction of sp³-hybridized carbons (Fsp3) is 0.286. The average Bonchev–Trinajstić information content (AvgIpc) is 3.06. The molecule has 26 heavy (non-hydrogen) atoms. The molecule has 4 rings (SSSR count). The molecule has 0 bridgehead atoms. The number of aromatic amines is 1. The number of aromatic nitrogens is 1. The molecule has 5 heteroatoms. The van der Waals surface area contributed by atoms with E-state index in [1.165, 1.54) is 5.39 Å². The second kappa shape index (κ2) is 6.84. The summed E-state index contributed by atoms with van der Waals surface area (Å²) < 4.78 is 5.92. The van der Waals surface area contributed by atoms with E-state index in [0.717, 1.165) is 17.8 Å². The topological polar surface area (TPSA) is 65.6 Å². The Hall–Kier alpha value is -2.79. The van der Waals surface area contributed by atoms with Crippen molar-refractivity contribution in [1.82, 2.24) is 9.88 Å². The molecule has 1 saturated heterocycles. The summed E-state index contributed by atoms with van der Waals surface area (Å²) in [5.74, 6) is -0.273. The Morgan fingerprint density at radius 2 is 1.77 bits per heavy atom. The minimum absolute atomic E-state index is 0.470. The molecule has 5 nitrogen and oxygen atoms in total. The van der Waals surface area contributed by atoms with Crippen LogP contribution in [-0.4, -0.2) is 39.7 Å². The Bertz CT molecular complexity index is 863. The first-order valence-corrected chi connectivity index (χ1v) is 8.91. The van der Waals surface area contributed by atoms with Crippen LogP contribution in [0, 0.1) is 0 Å². The van der Waals surface area contributed by atoms with Gasteiger partial charge >= 0.3 is 5.97 Å². The largest absolute Gasteiger partial charge is 0.478 e. The number of likely N-dealkylation sites (tertiary alicyclic amines) is 1. The van der Waals surface area contributed by atoms with Gasteiger partial charge in [0, 0.05) is 43.7 Å². The second-order valence-electron chi connectivity index (χ2n) is 6.87. The lowest BCUT2D eigenvalue weighted by Crippen LogP contribution is -2.53. The molecule has 0 aliphatic carbocycles. The Labute approximate surface area is 152 Å². The first-order valence-electron chi connectivity index (χ1n) is 8.91. The Morgan fingerprint density at radius 3 is 2.46 bits per heavy atom. The third-order valence-corrected chi connectivity index (χ3v) is 5.09. The molecule has 3 aromatic rings. The molecule has 0 unspecified atom stereocenters. The monoisotopic (exact) mass is 350 g/mol. The van der Waals surface area contributed by atoms with Crippen LogP contribution < -0.4 is 4.74 Å². The fourth-order valence-electron chi connectivity index (χ4n) is 3.61. The number of carboxylic acids is 1. The highest BCUT2D eigenvalue weighted by Crippen LogP contribution is 2.30. The van der Waals surface area contributed by atoms with E-state index in [9.17, 15) is 9.90 Å². The molecule has 0 spiro atoms. The van der Waals surface area contributed by atoms with Gasteiger partial charge in [0.1, 0.15) is 5.75 Å². The van der Waals surface area contributed by atoms with E-state index in [0.29, 0.717) is 31.7 Å². The van der Waals surface area contributed by atoms with Crippen molar-refractivity contribution in [2.24, 2.45) is 0 Å². The van der Waals surface area contributed by atoms with Crippen LogP contribution >= 0.6 is 0 Å². The van der Waals surface area contributed by atoms with E-state index in [1.807, 2.05) is 42.5 Å². The van der Waals surface area contributed by atoms with E-state index in [1.54, 1.807) is 0 Å². The molecule has 1 aromatic heterocycles. The third kappa shape index (κ3) is 3.30. The van der Waals surface area contributed by atoms with Gasteiger partial charge in [-0.2, -0.15) is 0 Å². The maximum Gasteiger partial charge on any atom is 0.348 e. The molecular weight excluding hydrogens is 328 g/mol. The number of para-hydroxylation sites is 2. The highest BCUT2D eigenvalue weighted by molar-refractivity contribution is 5.80. The predicted molar refractivity (Wildman–Crippen MR) is 100 cm³/mol. The molecule has 1 aliphatic heterocycles. The van der Waals surface area contributed by atoms with Gasteiger partial charge in [-0.1, -0.05) is 36.4 Å². The molecular formula is C21H22N2O3. The summed E-state index contributed by atoms with van der Waals surface area (Å²) in [6, 6.07) is 19.6. The number of nitrogens with zero attached hydrogens (tertiary/aromatic N) is 1. The zero-order chi connectivity index (χ0) is 18.0. The van der Waals surface area contributed by atoms with Crippen molar-refractivity contribution < 1.29 is 14.6 Å². The Balaban J connectivity index is 1.43. The molecule has 2 aromatic carbocycles. The number of piperidine rings is 1. The van der Waals surface area contributed by atoms with Crippen molar-refractivity contribution >= 4 is 16.9 Å². The standard InChI is InChI=1S/C21H22N2O3/c24-20(25)21(26-18-7-2-1-3-8-18)10-12-23(13-11-21)15-17-14-16-6-4-5-9-19(16)22-17/h1-9,14,22H,10-13,15H2,(H,24,25). The van der Waals surface area contributed by atoms with Gasteiger partial charge in [0.15, 0.2) is 0 Å². The third-order valence-electron chi connectivity index (χ3n) is 5.09. The van der Waals surface area contributed by atoms with E-state index < -0.39 is 11.6 Å². The van der Waals surface area contributed by atoms with Gasteiger partial charge in [-0.15, -0.1) is 0 Å². The molecule has 2 N–H and O–H groups in total. The summed E-state index contributed by atoms with van der Waals surface area (Å²) >= 11 is 0. The first kappa shape index (κ1) is 16.7. The number of benzene rings is 2. The van der Waals surface area contributed by atoms with Crippen molar-refractivity contribution in [2.75, 3.05) is 13.1 Å². The number of H-pyrrole nitrogens is 1. The van der Waals surface area contributed by atoms with Crippen molar-refractivity contribution in [3.63, 3.8) is 0 Å². The van der Waals surface area contributed by atoms with E-state index in [4.69, 9.17) is 4.74 Å². The van der Waals surface area contributed by atoms with E-state index in [2.05, 4.69) is 28.1 Å². The summed E-state index contributed by atoms with van der Waals surface area (Å²) in [6.07, 6.45) is 0.939. The lowest BCUT2D eigenvalue weighted by atomic mass is 9.91. The molecule has 2 heterocycles. The molecule has 134 valence electrons. The van der Waals surface area contributed by atoms with Gasteiger partial charge in [-0.25, -0.2) is 4.79 Å². The summed E-state index contributed by atoms with van der Waals surface area (Å²) in [7, 11) is 0. The Kier molecular flexibility index (Phi) is 4.39. The van der Waals surface area contributed by atoms with Crippen LogP contribution in [0.15, 0.2) is 60.7 Å². The zero-order valence-electron chi connectivity index (χ0n) is 14.5. The number of fused-ring (bicyclic) bond motifs is 1. The number of ether oxygens (including phenoxy) is 1. The number of rotatable bonds is 5. The summed E-state index contributed by atoms with van der Waals surface area (Å²) in [6.45, 7) is 2.17. The summed E-state index contributed by atoms with van der Waals surface area (Å²) in [4.78, 5) is 17.6. The minimum atomic E-state index is -1.14. The van der Waals surface area contributed by atoms with Crippen LogP contribution in [-0.2, 0) is 11.3 Å². The van der Waals surface area contributed by atoms with Gasteiger partial charge in [-0.3, -0.25) is 4.90 Å². The summed E-state index contributed by atoms with van der Waals surface area (Å²) in [5, 5.41) is 11.0. The normalized spacial score (nSPS) is 17.2. The first-order chi connectivity index (χ1) is 12.6. The maximum atomic E-state index is 11.9. The second-order valence-corrected chi connectivity index (χ2v) is 6.87. The maximum absolute atomic E-state index is 11.9. The van der Waals surface area contributed by atoms with E-state index in [-0.39, 0.29) is 0 Å². The predicted octanol–water partition coefficient (Wildman–Crippen LogP) is 3.67. The number of carbonyl (C=O) groups is 1. The zero-order valence-corrected chi connectivity index (χ0v) is 14.5. The van der Waals surface area contributed by atoms with Crippen molar-refractivity contribution in [1.29, 1.82) is 0 Å². The van der Waals surface area contributed by atoms with Crippen molar-refractivity contribution in [3.05, 3.63) is 66.4 Å². The summed E-state index contributed by atoms with van der Waals surface area (Å²) in [5.41, 5.74) is 1.14. The van der Waals surface area contributed by atoms with Gasteiger partial charge in [0.25, 0.3) is 0 Å². The molecule has 1 fully saturated rings. The van der Waals surface area contributed by atoms with Crippen LogP contribution in [0.25, 0.3) is 10.9 Å². The van der Waals surface area contributed by atoms with Gasteiger partial charge in [0.05, 0.1) is 0 Å². The quantitative estimate of drug-likeness (QED) is 0.737. The van der Waals surface area contributed by atoms with Gasteiger partial charge in [-0.05, 0) is 29.7 Å². The van der Waals surface area contributed by atoms with Crippen LogP contribution in [0.5, 0.6) is 5.75 Å². The van der Waals surface area contributed by atoms with Crippen LogP contribution in [0.4, 0.5) is 0 Å². The molecule has 0 radical (unpaired) electrons. The SMILES string of the molecule is O=C(O)C1(Oc2ccccc2)CCN(Cc2cc3ccccc3[nH]2)CC1. The molecule has 0 amide bonds. The van der Waals surface area contributed by atoms with Crippen LogP contribution in [0.3, 0.4) is 0 Å². The van der Waals surface area contributed by atoms with Crippen LogP contribution in [0.2, 0.25) is 0 Å².